The smallest absolute Gasteiger partial charge is 0.228 e. The van der Waals surface area contributed by atoms with E-state index in [9.17, 15) is 4.79 Å². The van der Waals surface area contributed by atoms with E-state index >= 15 is 0 Å². The van der Waals surface area contributed by atoms with Gasteiger partial charge in [-0.15, -0.1) is 36.2 Å². The number of amides is 1. The van der Waals surface area contributed by atoms with Crippen LogP contribution in [0.4, 0.5) is 0 Å². The van der Waals surface area contributed by atoms with Crippen LogP contribution in [-0.4, -0.2) is 41.5 Å². The number of nitrogens with zero attached hydrogens (tertiary/aromatic N) is 2. The second kappa shape index (κ2) is 10.9. The molecule has 0 unspecified atom stereocenters. The van der Waals surface area contributed by atoms with Gasteiger partial charge in [0.1, 0.15) is 17.4 Å². The number of nitrogens with one attached hydrogen (secondary N) is 1. The quantitative estimate of drug-likeness (QED) is 0.775. The molecule has 1 atom stereocenters. The van der Waals surface area contributed by atoms with E-state index in [0.717, 1.165) is 36.1 Å². The van der Waals surface area contributed by atoms with Gasteiger partial charge in [-0.1, -0.05) is 11.6 Å². The molecule has 1 amide bonds. The Hall–Kier alpha value is -1.05. The molecule has 0 aliphatic carbocycles. The van der Waals surface area contributed by atoms with Crippen molar-refractivity contribution in [3.63, 3.8) is 0 Å². The predicted octanol–water partition coefficient (Wildman–Crippen LogP) is 3.58. The minimum atomic E-state index is 0. The van der Waals surface area contributed by atoms with Gasteiger partial charge in [0, 0.05) is 36.1 Å². The molecule has 144 valence electrons. The molecule has 0 spiro atoms. The van der Waals surface area contributed by atoms with Gasteiger partial charge in [-0.3, -0.25) is 4.79 Å². The van der Waals surface area contributed by atoms with E-state index in [2.05, 4.69) is 17.2 Å². The molecular formula is C17H22Cl3N3O2S. The van der Waals surface area contributed by atoms with Gasteiger partial charge < -0.3 is 15.0 Å². The van der Waals surface area contributed by atoms with Gasteiger partial charge in [0.25, 0.3) is 0 Å². The van der Waals surface area contributed by atoms with Crippen LogP contribution in [0, 0.1) is 0 Å². The minimum Gasteiger partial charge on any atom is -0.486 e. The largest absolute Gasteiger partial charge is 0.486 e. The summed E-state index contributed by atoms with van der Waals surface area (Å²) in [6.07, 6.45) is 0.349. The van der Waals surface area contributed by atoms with Crippen molar-refractivity contribution in [1.29, 1.82) is 0 Å². The van der Waals surface area contributed by atoms with E-state index in [0.29, 0.717) is 18.1 Å². The Morgan fingerprint density at radius 2 is 2.12 bits per heavy atom. The fourth-order valence-corrected chi connectivity index (χ4v) is 3.47. The number of carbonyl (C=O) groups excluding carboxylic acids is 1. The van der Waals surface area contributed by atoms with Crippen LogP contribution in [0.25, 0.3) is 0 Å². The molecule has 1 fully saturated rings. The lowest BCUT2D eigenvalue weighted by atomic mass is 10.2. The first-order chi connectivity index (χ1) is 11.6. The van der Waals surface area contributed by atoms with E-state index in [1.165, 1.54) is 11.3 Å². The lowest BCUT2D eigenvalue weighted by molar-refractivity contribution is -0.133. The summed E-state index contributed by atoms with van der Waals surface area (Å²) < 4.78 is 5.68. The third kappa shape index (κ3) is 6.28. The molecule has 0 saturated carbocycles. The Kier molecular flexibility index (Phi) is 9.68. The number of hydrogen-bond donors (Lipinski definition) is 1. The maximum Gasteiger partial charge on any atom is 0.228 e. The second-order valence-corrected chi connectivity index (χ2v) is 7.17. The van der Waals surface area contributed by atoms with Gasteiger partial charge in [-0.05, 0) is 31.2 Å². The average Bonchev–Trinajstić information content (AvgIpc) is 3.02. The van der Waals surface area contributed by atoms with Crippen molar-refractivity contribution in [1.82, 2.24) is 15.2 Å². The highest BCUT2D eigenvalue weighted by Gasteiger charge is 2.23. The van der Waals surface area contributed by atoms with Crippen LogP contribution in [0.15, 0.2) is 29.6 Å². The number of piperazine rings is 1. The van der Waals surface area contributed by atoms with Gasteiger partial charge in [0.2, 0.25) is 5.91 Å². The van der Waals surface area contributed by atoms with Crippen molar-refractivity contribution in [2.45, 2.75) is 26.0 Å². The Morgan fingerprint density at radius 1 is 1.38 bits per heavy atom. The van der Waals surface area contributed by atoms with Crippen LogP contribution < -0.4 is 10.1 Å². The summed E-state index contributed by atoms with van der Waals surface area (Å²) in [6, 6.07) is 7.46. The van der Waals surface area contributed by atoms with E-state index in [1.54, 1.807) is 12.1 Å². The summed E-state index contributed by atoms with van der Waals surface area (Å²) in [6.45, 7) is 4.92. The van der Waals surface area contributed by atoms with Crippen LogP contribution in [0.2, 0.25) is 5.02 Å². The predicted molar refractivity (Wildman–Crippen MR) is 110 cm³/mol. The first kappa shape index (κ1) is 23.0. The molecule has 26 heavy (non-hydrogen) atoms. The molecule has 1 saturated heterocycles. The zero-order valence-electron chi connectivity index (χ0n) is 14.3. The van der Waals surface area contributed by atoms with Crippen molar-refractivity contribution in [3.05, 3.63) is 45.4 Å². The second-order valence-electron chi connectivity index (χ2n) is 5.79. The summed E-state index contributed by atoms with van der Waals surface area (Å²) in [5, 5.41) is 6.77. The van der Waals surface area contributed by atoms with Gasteiger partial charge in [-0.25, -0.2) is 4.98 Å². The molecule has 3 rings (SSSR count). The SMILES string of the molecule is C[C@@H]1CNCCN1C(=O)Cc1csc(COc2ccc(Cl)cc2)n1.Cl.Cl. The number of benzene rings is 1. The number of thiazole rings is 1. The molecule has 5 nitrogen and oxygen atoms in total. The van der Waals surface area contributed by atoms with Crippen LogP contribution in [-0.2, 0) is 17.8 Å². The molecule has 9 heteroatoms. The summed E-state index contributed by atoms with van der Waals surface area (Å²) in [5.41, 5.74) is 0.811. The Morgan fingerprint density at radius 3 is 2.81 bits per heavy atom. The number of carbonyl (C=O) groups is 1. The highest BCUT2D eigenvalue weighted by Crippen LogP contribution is 2.18. The molecule has 1 N–H and O–H groups in total. The molecule has 1 aliphatic heterocycles. The maximum absolute atomic E-state index is 12.4. The fraction of sp³-hybridized carbons (Fsp3) is 0.412. The van der Waals surface area contributed by atoms with Crippen molar-refractivity contribution < 1.29 is 9.53 Å². The Bertz CT molecular complexity index is 697. The van der Waals surface area contributed by atoms with Crippen molar-refractivity contribution >= 4 is 53.7 Å². The van der Waals surface area contributed by atoms with Crippen molar-refractivity contribution in [3.8, 4) is 5.75 Å². The monoisotopic (exact) mass is 437 g/mol. The zero-order valence-corrected chi connectivity index (χ0v) is 17.5. The molecule has 0 bridgehead atoms. The topological polar surface area (TPSA) is 54.5 Å². The summed E-state index contributed by atoms with van der Waals surface area (Å²) in [5.74, 6) is 0.890. The summed E-state index contributed by atoms with van der Waals surface area (Å²) in [4.78, 5) is 18.9. The van der Waals surface area contributed by atoms with Crippen LogP contribution >= 0.6 is 47.8 Å². The van der Waals surface area contributed by atoms with Crippen LogP contribution in [0.1, 0.15) is 17.6 Å². The number of hydrogen-bond acceptors (Lipinski definition) is 5. The van der Waals surface area contributed by atoms with Gasteiger partial charge in [0.15, 0.2) is 0 Å². The van der Waals surface area contributed by atoms with E-state index in [1.807, 2.05) is 22.4 Å². The lowest BCUT2D eigenvalue weighted by Gasteiger charge is -2.33. The number of aromatic nitrogens is 1. The molecule has 0 radical (unpaired) electrons. The normalized spacial score (nSPS) is 16.4. The van der Waals surface area contributed by atoms with Crippen LogP contribution in [0.5, 0.6) is 5.75 Å². The third-order valence-electron chi connectivity index (χ3n) is 3.93. The van der Waals surface area contributed by atoms with E-state index in [-0.39, 0.29) is 36.8 Å². The van der Waals surface area contributed by atoms with Crippen LogP contribution in [0.3, 0.4) is 0 Å². The number of ether oxygens (including phenoxy) is 1. The summed E-state index contributed by atoms with van der Waals surface area (Å²) in [7, 11) is 0. The van der Waals surface area contributed by atoms with Gasteiger partial charge in [0.05, 0.1) is 12.1 Å². The average molecular weight is 439 g/mol. The van der Waals surface area contributed by atoms with E-state index < -0.39 is 0 Å². The maximum atomic E-state index is 12.4. The molecule has 1 aromatic heterocycles. The zero-order chi connectivity index (χ0) is 16.9. The van der Waals surface area contributed by atoms with Crippen molar-refractivity contribution in [2.75, 3.05) is 19.6 Å². The Labute approximate surface area is 174 Å². The highest BCUT2D eigenvalue weighted by molar-refractivity contribution is 7.09. The molecule has 1 aliphatic rings. The summed E-state index contributed by atoms with van der Waals surface area (Å²) >= 11 is 7.37. The first-order valence-corrected chi connectivity index (χ1v) is 9.19. The lowest BCUT2D eigenvalue weighted by Crippen LogP contribution is -2.52. The highest BCUT2D eigenvalue weighted by atomic mass is 35.5. The molecular weight excluding hydrogens is 417 g/mol. The van der Waals surface area contributed by atoms with Gasteiger partial charge >= 0.3 is 0 Å². The third-order valence-corrected chi connectivity index (χ3v) is 5.05. The first-order valence-electron chi connectivity index (χ1n) is 7.93. The molecule has 1 aromatic carbocycles. The number of halogens is 3. The molecule has 2 aromatic rings. The molecule has 2 heterocycles. The fourth-order valence-electron chi connectivity index (χ4n) is 2.64. The standard InChI is InChI=1S/C17H20ClN3O2S.2ClH/c1-12-9-19-6-7-21(12)17(22)8-14-11-24-16(20-14)10-23-15-4-2-13(18)3-5-15;;/h2-5,11-12,19H,6-10H2,1H3;2*1H/t12-;;/m1../s1. The van der Waals surface area contributed by atoms with E-state index in [4.69, 9.17) is 16.3 Å². The minimum absolute atomic E-state index is 0. The van der Waals surface area contributed by atoms with Crippen molar-refractivity contribution in [2.24, 2.45) is 0 Å². The number of rotatable bonds is 5. The van der Waals surface area contributed by atoms with Gasteiger partial charge in [-0.2, -0.15) is 0 Å². The Balaban J connectivity index is 0.00000169.